The summed E-state index contributed by atoms with van der Waals surface area (Å²) >= 11 is 0. The number of aldehydes is 1. The first-order chi connectivity index (χ1) is 14.2. The largest absolute Gasteiger partial charge is 0.391 e. The normalized spacial score (nSPS) is 30.3. The van der Waals surface area contributed by atoms with Gasteiger partial charge in [0.15, 0.2) is 0 Å². The fourth-order valence-electron chi connectivity index (χ4n) is 5.74. The summed E-state index contributed by atoms with van der Waals surface area (Å²) in [7, 11) is 1.69. The molecule has 1 saturated heterocycles. The van der Waals surface area contributed by atoms with Crippen LogP contribution in [0.3, 0.4) is 0 Å². The molecular weight excluding hydrogens is 362 g/mol. The fourth-order valence-corrected chi connectivity index (χ4v) is 5.74. The summed E-state index contributed by atoms with van der Waals surface area (Å²) in [5.74, 6) is 0. The van der Waals surface area contributed by atoms with E-state index in [1.54, 1.807) is 7.11 Å². The summed E-state index contributed by atoms with van der Waals surface area (Å²) in [4.78, 5) is 14.1. The molecule has 3 unspecified atom stereocenters. The van der Waals surface area contributed by atoms with Gasteiger partial charge in [-0.2, -0.15) is 0 Å². The minimum atomic E-state index is -0.709. The lowest BCUT2D eigenvalue weighted by atomic mass is 9.71. The van der Waals surface area contributed by atoms with E-state index in [4.69, 9.17) is 4.74 Å². The highest BCUT2D eigenvalue weighted by Gasteiger charge is 2.64. The number of methoxy groups -OCH3 is 1. The van der Waals surface area contributed by atoms with Crippen LogP contribution in [0.2, 0.25) is 0 Å². The molecule has 29 heavy (non-hydrogen) atoms. The van der Waals surface area contributed by atoms with Crippen LogP contribution in [0.5, 0.6) is 0 Å². The number of ether oxygens (including phenoxy) is 1. The maximum atomic E-state index is 11.7. The van der Waals surface area contributed by atoms with Crippen molar-refractivity contribution in [2.24, 2.45) is 0 Å². The van der Waals surface area contributed by atoms with Crippen LogP contribution < -0.4 is 0 Å². The Balaban J connectivity index is 1.83. The molecule has 4 rings (SSSR count). The zero-order valence-corrected chi connectivity index (χ0v) is 17.2. The molecular formula is C25H31NO3. The number of hydrogen-bond acceptors (Lipinski definition) is 4. The molecule has 0 aromatic heterocycles. The Bertz CT molecular complexity index is 816. The summed E-state index contributed by atoms with van der Waals surface area (Å²) in [5.41, 5.74) is 1.96. The molecule has 1 heterocycles. The van der Waals surface area contributed by atoms with Crippen molar-refractivity contribution in [3.05, 3.63) is 60.2 Å². The minimum Gasteiger partial charge on any atom is -0.391 e. The SMILES string of the molecule is COC1(CC=O)CCC(O)C1(c1ccc(-c2ccccc2)cc1)N1CCCCC1. The van der Waals surface area contributed by atoms with E-state index in [-0.39, 0.29) is 6.42 Å². The maximum absolute atomic E-state index is 11.7. The minimum absolute atomic E-state index is 0.289. The van der Waals surface area contributed by atoms with Gasteiger partial charge in [-0.05, 0) is 55.5 Å². The van der Waals surface area contributed by atoms with Crippen molar-refractivity contribution in [2.45, 2.75) is 55.8 Å². The molecule has 2 aliphatic rings. The molecule has 154 valence electrons. The predicted molar refractivity (Wildman–Crippen MR) is 115 cm³/mol. The Morgan fingerprint density at radius 2 is 1.69 bits per heavy atom. The highest BCUT2D eigenvalue weighted by Crippen LogP contribution is 2.54. The van der Waals surface area contributed by atoms with E-state index in [9.17, 15) is 9.90 Å². The number of aliphatic hydroxyl groups is 1. The second kappa shape index (κ2) is 8.39. The average Bonchev–Trinajstić information content (AvgIpc) is 3.08. The van der Waals surface area contributed by atoms with Gasteiger partial charge >= 0.3 is 0 Å². The lowest BCUT2D eigenvalue weighted by Gasteiger charge is -2.54. The highest BCUT2D eigenvalue weighted by atomic mass is 16.5. The second-order valence-corrected chi connectivity index (χ2v) is 8.38. The second-order valence-electron chi connectivity index (χ2n) is 8.38. The van der Waals surface area contributed by atoms with E-state index < -0.39 is 17.2 Å². The van der Waals surface area contributed by atoms with Crippen molar-refractivity contribution in [2.75, 3.05) is 20.2 Å². The smallest absolute Gasteiger partial charge is 0.122 e. The van der Waals surface area contributed by atoms with Crippen LogP contribution in [0.15, 0.2) is 54.6 Å². The van der Waals surface area contributed by atoms with Crippen molar-refractivity contribution in [3.63, 3.8) is 0 Å². The van der Waals surface area contributed by atoms with E-state index in [1.807, 2.05) is 18.2 Å². The van der Waals surface area contributed by atoms with Crippen LogP contribution in [-0.2, 0) is 15.1 Å². The molecule has 2 aromatic rings. The average molecular weight is 394 g/mol. The van der Waals surface area contributed by atoms with Crippen molar-refractivity contribution in [1.82, 2.24) is 4.90 Å². The van der Waals surface area contributed by atoms with Gasteiger partial charge in [0.25, 0.3) is 0 Å². The summed E-state index contributed by atoms with van der Waals surface area (Å²) in [6, 6.07) is 18.8. The van der Waals surface area contributed by atoms with Gasteiger partial charge in [0, 0.05) is 13.5 Å². The third kappa shape index (κ3) is 3.24. The molecule has 2 aromatic carbocycles. The molecule has 1 aliphatic carbocycles. The molecule has 1 aliphatic heterocycles. The Hall–Kier alpha value is -2.01. The van der Waals surface area contributed by atoms with E-state index in [1.165, 1.54) is 12.0 Å². The Morgan fingerprint density at radius 3 is 2.31 bits per heavy atom. The highest BCUT2D eigenvalue weighted by molar-refractivity contribution is 5.64. The maximum Gasteiger partial charge on any atom is 0.122 e. The number of likely N-dealkylation sites (tertiary alicyclic amines) is 1. The number of carbonyl (C=O) groups is 1. The van der Waals surface area contributed by atoms with Gasteiger partial charge in [-0.15, -0.1) is 0 Å². The number of nitrogens with zero attached hydrogens (tertiary/aromatic N) is 1. The molecule has 2 fully saturated rings. The molecule has 0 amide bonds. The summed E-state index contributed by atoms with van der Waals surface area (Å²) < 4.78 is 6.12. The first-order valence-electron chi connectivity index (χ1n) is 10.8. The van der Waals surface area contributed by atoms with E-state index >= 15 is 0 Å². The molecule has 4 heteroatoms. The third-order valence-corrected chi connectivity index (χ3v) is 7.09. The monoisotopic (exact) mass is 393 g/mol. The van der Waals surface area contributed by atoms with Crippen LogP contribution in [-0.4, -0.2) is 48.2 Å². The Morgan fingerprint density at radius 1 is 1.03 bits per heavy atom. The van der Waals surface area contributed by atoms with Gasteiger partial charge in [0.1, 0.15) is 11.8 Å². The van der Waals surface area contributed by atoms with E-state index in [0.717, 1.165) is 43.3 Å². The van der Waals surface area contributed by atoms with Crippen molar-refractivity contribution in [1.29, 1.82) is 0 Å². The summed E-state index contributed by atoms with van der Waals surface area (Å²) in [6.07, 6.45) is 5.43. The summed E-state index contributed by atoms with van der Waals surface area (Å²) in [6.45, 7) is 1.84. The van der Waals surface area contributed by atoms with Gasteiger partial charge in [-0.25, -0.2) is 0 Å². The van der Waals surface area contributed by atoms with Crippen LogP contribution in [0, 0.1) is 0 Å². The number of benzene rings is 2. The number of piperidine rings is 1. The van der Waals surface area contributed by atoms with Gasteiger partial charge in [-0.1, -0.05) is 61.0 Å². The van der Waals surface area contributed by atoms with Crippen molar-refractivity contribution in [3.8, 4) is 11.1 Å². The van der Waals surface area contributed by atoms with Crippen LogP contribution in [0.25, 0.3) is 11.1 Å². The molecule has 0 spiro atoms. The Kier molecular flexibility index (Phi) is 5.86. The summed E-state index contributed by atoms with van der Waals surface area (Å²) in [5, 5.41) is 11.4. The van der Waals surface area contributed by atoms with Crippen molar-refractivity contribution >= 4 is 6.29 Å². The lowest BCUT2D eigenvalue weighted by Crippen LogP contribution is -2.65. The van der Waals surface area contributed by atoms with Crippen LogP contribution in [0.1, 0.15) is 44.1 Å². The standard InChI is InChI=1S/C25H31NO3/c1-29-24(16-19-27)15-14-23(28)25(24,26-17-6-3-7-18-26)22-12-10-21(11-13-22)20-8-4-2-5-9-20/h2,4-5,8-13,19,23,28H,3,6-7,14-18H2,1H3. The zero-order valence-electron chi connectivity index (χ0n) is 17.2. The topological polar surface area (TPSA) is 49.8 Å². The number of rotatable bonds is 6. The molecule has 0 bridgehead atoms. The molecule has 4 nitrogen and oxygen atoms in total. The fraction of sp³-hybridized carbons (Fsp3) is 0.480. The van der Waals surface area contributed by atoms with Gasteiger partial charge in [0.05, 0.1) is 11.7 Å². The first kappa shape index (κ1) is 20.3. The predicted octanol–water partition coefficient (Wildman–Crippen LogP) is 4.16. The van der Waals surface area contributed by atoms with E-state index in [0.29, 0.717) is 12.8 Å². The van der Waals surface area contributed by atoms with Gasteiger partial charge in [0.2, 0.25) is 0 Å². The molecule has 1 saturated carbocycles. The molecule has 3 atom stereocenters. The zero-order chi connectivity index (χ0) is 20.3. The van der Waals surface area contributed by atoms with Gasteiger partial charge in [-0.3, -0.25) is 4.90 Å². The van der Waals surface area contributed by atoms with Crippen molar-refractivity contribution < 1.29 is 14.6 Å². The lowest BCUT2D eigenvalue weighted by molar-refractivity contribution is -0.163. The molecule has 0 radical (unpaired) electrons. The van der Waals surface area contributed by atoms with Gasteiger partial charge < -0.3 is 14.6 Å². The third-order valence-electron chi connectivity index (χ3n) is 7.09. The molecule has 1 N–H and O–H groups in total. The number of aliphatic hydroxyl groups excluding tert-OH is 1. The Labute approximate surface area is 173 Å². The number of carbonyl (C=O) groups excluding carboxylic acids is 1. The number of hydrogen-bond donors (Lipinski definition) is 1. The first-order valence-corrected chi connectivity index (χ1v) is 10.8. The quantitative estimate of drug-likeness (QED) is 0.749. The van der Waals surface area contributed by atoms with E-state index in [2.05, 4.69) is 41.3 Å². The van der Waals surface area contributed by atoms with Crippen LogP contribution in [0.4, 0.5) is 0 Å². The van der Waals surface area contributed by atoms with Crippen LogP contribution >= 0.6 is 0 Å².